The van der Waals surface area contributed by atoms with E-state index >= 15 is 0 Å². The summed E-state index contributed by atoms with van der Waals surface area (Å²) in [6.45, 7) is -0.00678. The first-order valence-corrected chi connectivity index (χ1v) is 4.92. The minimum Gasteiger partial charge on any atom is -0.396 e. The van der Waals surface area contributed by atoms with Crippen LogP contribution in [0.5, 0.6) is 0 Å². The van der Waals surface area contributed by atoms with Crippen LogP contribution < -0.4 is 5.73 Å². The second-order valence-electron chi connectivity index (χ2n) is 3.39. The first kappa shape index (κ1) is 10.6. The van der Waals surface area contributed by atoms with Gasteiger partial charge in [0.2, 0.25) is 0 Å². The lowest BCUT2D eigenvalue weighted by Crippen LogP contribution is -2.05. The predicted octanol–water partition coefficient (Wildman–Crippen LogP) is 1.13. The second-order valence-corrected chi connectivity index (χ2v) is 3.39. The van der Waals surface area contributed by atoms with Crippen molar-refractivity contribution in [1.29, 1.82) is 0 Å². The van der Waals surface area contributed by atoms with E-state index in [0.717, 1.165) is 0 Å². The molecule has 2 aromatic rings. The molecule has 3 N–H and O–H groups in total. The molecule has 0 spiro atoms. The van der Waals surface area contributed by atoms with Crippen LogP contribution in [0.2, 0.25) is 0 Å². The summed E-state index contributed by atoms with van der Waals surface area (Å²) in [4.78, 5) is 0. The number of hydrogen-bond acceptors (Lipinski definition) is 3. The van der Waals surface area contributed by atoms with E-state index < -0.39 is 0 Å². The molecule has 0 aliphatic carbocycles. The summed E-state index contributed by atoms with van der Waals surface area (Å²) in [5.74, 6) is -0.0213. The van der Waals surface area contributed by atoms with Crippen molar-refractivity contribution in [3.05, 3.63) is 41.8 Å². The molecule has 1 aromatic carbocycles. The third-order valence-corrected chi connectivity index (χ3v) is 2.35. The van der Waals surface area contributed by atoms with Crippen LogP contribution >= 0.6 is 0 Å². The van der Waals surface area contributed by atoms with Crippen LogP contribution in [0.1, 0.15) is 5.56 Å². The molecule has 0 unspecified atom stereocenters. The Morgan fingerprint density at radius 2 is 2.12 bits per heavy atom. The van der Waals surface area contributed by atoms with Gasteiger partial charge in [0.1, 0.15) is 17.3 Å². The Morgan fingerprint density at radius 3 is 2.81 bits per heavy atom. The van der Waals surface area contributed by atoms with E-state index in [2.05, 4.69) is 5.10 Å². The van der Waals surface area contributed by atoms with Crippen molar-refractivity contribution in [2.45, 2.75) is 6.42 Å². The van der Waals surface area contributed by atoms with Crippen LogP contribution in [0.3, 0.4) is 0 Å². The van der Waals surface area contributed by atoms with Crippen molar-refractivity contribution in [3.63, 3.8) is 0 Å². The van der Waals surface area contributed by atoms with Crippen molar-refractivity contribution in [3.8, 4) is 5.69 Å². The van der Waals surface area contributed by atoms with Gasteiger partial charge in [-0.15, -0.1) is 0 Å². The van der Waals surface area contributed by atoms with Gasteiger partial charge in [-0.1, -0.05) is 12.1 Å². The first-order chi connectivity index (χ1) is 7.74. The molecule has 0 atom stereocenters. The Morgan fingerprint density at radius 1 is 1.38 bits per heavy atom. The highest BCUT2D eigenvalue weighted by molar-refractivity contribution is 5.47. The van der Waals surface area contributed by atoms with E-state index in [1.54, 1.807) is 18.2 Å². The average Bonchev–Trinajstić information content (AvgIpc) is 2.62. The van der Waals surface area contributed by atoms with Crippen molar-refractivity contribution < 1.29 is 9.50 Å². The maximum absolute atomic E-state index is 13.5. The van der Waals surface area contributed by atoms with Gasteiger partial charge in [-0.2, -0.15) is 5.10 Å². The summed E-state index contributed by atoms with van der Waals surface area (Å²) in [5.41, 5.74) is 6.84. The molecular formula is C11H12FN3O. The standard InChI is InChI=1S/C11H12FN3O/c12-9-3-1-2-4-10(9)15-11(13)8(5-6-16)7-14-15/h1-4,7,16H,5-6,13H2. The summed E-state index contributed by atoms with van der Waals surface area (Å²) >= 11 is 0. The number of hydrogen-bond donors (Lipinski definition) is 2. The van der Waals surface area contributed by atoms with Gasteiger partial charge in [0, 0.05) is 18.6 Å². The van der Waals surface area contributed by atoms with E-state index in [1.165, 1.54) is 16.9 Å². The highest BCUT2D eigenvalue weighted by Crippen LogP contribution is 2.19. The largest absolute Gasteiger partial charge is 0.396 e. The van der Waals surface area contributed by atoms with Gasteiger partial charge in [0.05, 0.1) is 6.20 Å². The number of halogens is 1. The summed E-state index contributed by atoms with van der Waals surface area (Å²) in [7, 11) is 0. The number of para-hydroxylation sites is 1. The summed E-state index contributed by atoms with van der Waals surface area (Å²) in [6, 6.07) is 6.27. The quantitative estimate of drug-likeness (QED) is 0.816. The molecule has 2 rings (SSSR count). The number of aliphatic hydroxyl groups is 1. The monoisotopic (exact) mass is 221 g/mol. The third-order valence-electron chi connectivity index (χ3n) is 2.35. The molecule has 1 heterocycles. The molecule has 4 nitrogen and oxygen atoms in total. The normalized spacial score (nSPS) is 10.6. The van der Waals surface area contributed by atoms with Crippen molar-refractivity contribution in [1.82, 2.24) is 9.78 Å². The number of aromatic nitrogens is 2. The lowest BCUT2D eigenvalue weighted by Gasteiger charge is -2.05. The number of nitrogens with zero attached hydrogens (tertiary/aromatic N) is 2. The molecule has 0 aliphatic heterocycles. The number of rotatable bonds is 3. The van der Waals surface area contributed by atoms with Crippen LogP contribution in [-0.2, 0) is 6.42 Å². The Labute approximate surface area is 92.1 Å². The Hall–Kier alpha value is -1.88. The molecule has 0 radical (unpaired) electrons. The first-order valence-electron chi connectivity index (χ1n) is 4.92. The second kappa shape index (κ2) is 4.32. The van der Waals surface area contributed by atoms with Crippen molar-refractivity contribution in [2.24, 2.45) is 0 Å². The average molecular weight is 221 g/mol. The summed E-state index contributed by atoms with van der Waals surface area (Å²) in [6.07, 6.45) is 1.96. The molecule has 0 bridgehead atoms. The van der Waals surface area contributed by atoms with E-state index in [9.17, 15) is 4.39 Å². The summed E-state index contributed by atoms with van der Waals surface area (Å²) < 4.78 is 14.8. The lowest BCUT2D eigenvalue weighted by molar-refractivity contribution is 0.300. The van der Waals surface area contributed by atoms with Crippen molar-refractivity contribution >= 4 is 5.82 Å². The maximum Gasteiger partial charge on any atom is 0.148 e. The number of benzene rings is 1. The van der Waals surface area contributed by atoms with Gasteiger partial charge < -0.3 is 10.8 Å². The number of nitrogen functional groups attached to an aromatic ring is 1. The molecule has 0 amide bonds. The lowest BCUT2D eigenvalue weighted by atomic mass is 10.2. The van der Waals surface area contributed by atoms with Gasteiger partial charge in [0.15, 0.2) is 0 Å². The molecule has 0 saturated heterocycles. The van der Waals surface area contributed by atoms with Gasteiger partial charge in [-0.25, -0.2) is 9.07 Å². The van der Waals surface area contributed by atoms with E-state index in [4.69, 9.17) is 10.8 Å². The van der Waals surface area contributed by atoms with Crippen LogP contribution in [-0.4, -0.2) is 21.5 Å². The zero-order valence-corrected chi connectivity index (χ0v) is 8.60. The number of aliphatic hydroxyl groups excluding tert-OH is 1. The molecular weight excluding hydrogens is 209 g/mol. The highest BCUT2D eigenvalue weighted by Gasteiger charge is 2.11. The maximum atomic E-state index is 13.5. The smallest absolute Gasteiger partial charge is 0.148 e. The Kier molecular flexibility index (Phi) is 2.87. The molecule has 5 heteroatoms. The Balaban J connectivity index is 2.45. The SMILES string of the molecule is Nc1c(CCO)cnn1-c1ccccc1F. The molecule has 0 saturated carbocycles. The van der Waals surface area contributed by atoms with Crippen LogP contribution in [0.4, 0.5) is 10.2 Å². The number of anilines is 1. The van der Waals surface area contributed by atoms with E-state index in [-0.39, 0.29) is 12.4 Å². The number of nitrogens with two attached hydrogens (primary N) is 1. The molecule has 0 aliphatic rings. The molecule has 16 heavy (non-hydrogen) atoms. The van der Waals surface area contributed by atoms with E-state index in [0.29, 0.717) is 23.5 Å². The summed E-state index contributed by atoms with van der Waals surface area (Å²) in [5, 5.41) is 12.8. The van der Waals surface area contributed by atoms with Gasteiger partial charge >= 0.3 is 0 Å². The minimum absolute atomic E-state index is 0.00678. The fraction of sp³-hybridized carbons (Fsp3) is 0.182. The minimum atomic E-state index is -0.382. The van der Waals surface area contributed by atoms with Crippen molar-refractivity contribution in [2.75, 3.05) is 12.3 Å². The van der Waals surface area contributed by atoms with Crippen LogP contribution in [0.15, 0.2) is 30.5 Å². The van der Waals surface area contributed by atoms with Gasteiger partial charge in [-0.3, -0.25) is 0 Å². The Bertz CT molecular complexity index is 496. The molecule has 84 valence electrons. The van der Waals surface area contributed by atoms with Crippen LogP contribution in [0, 0.1) is 5.82 Å². The van der Waals surface area contributed by atoms with Crippen LogP contribution in [0.25, 0.3) is 5.69 Å². The fourth-order valence-electron chi connectivity index (χ4n) is 1.52. The zero-order valence-electron chi connectivity index (χ0n) is 8.60. The highest BCUT2D eigenvalue weighted by atomic mass is 19.1. The topological polar surface area (TPSA) is 64.1 Å². The van der Waals surface area contributed by atoms with Gasteiger partial charge in [-0.05, 0) is 12.1 Å². The molecule has 0 fully saturated rings. The predicted molar refractivity (Wildman–Crippen MR) is 58.7 cm³/mol. The fourth-order valence-corrected chi connectivity index (χ4v) is 1.52. The van der Waals surface area contributed by atoms with E-state index in [1.807, 2.05) is 0 Å². The van der Waals surface area contributed by atoms with Gasteiger partial charge in [0.25, 0.3) is 0 Å². The third kappa shape index (κ3) is 1.77. The zero-order chi connectivity index (χ0) is 11.5. The molecule has 1 aromatic heterocycles.